The fourth-order valence-corrected chi connectivity index (χ4v) is 7.39. The molecule has 0 aromatic heterocycles. The zero-order chi connectivity index (χ0) is 27.0. The molecule has 39 heavy (non-hydrogen) atoms. The Morgan fingerprint density at radius 2 is 1.62 bits per heavy atom. The molecular formula is C34H41N3O2. The van der Waals surface area contributed by atoms with Crippen LogP contribution < -0.4 is 15.4 Å². The fraction of sp³-hybridized carbons (Fsp3) is 0.441. The second-order valence-electron chi connectivity index (χ2n) is 12.7. The number of amides is 1. The van der Waals surface area contributed by atoms with Crippen LogP contribution in [0.5, 0.6) is 5.75 Å². The van der Waals surface area contributed by atoms with Crippen LogP contribution in [0.4, 0.5) is 0 Å². The summed E-state index contributed by atoms with van der Waals surface area (Å²) in [5.41, 5.74) is 2.98. The lowest BCUT2D eigenvalue weighted by atomic mass is 9.58. The van der Waals surface area contributed by atoms with Gasteiger partial charge in [0.1, 0.15) is 16.9 Å². The van der Waals surface area contributed by atoms with Crippen LogP contribution in [0.25, 0.3) is 0 Å². The number of carbonyl (C=O) groups excluding carboxylic acids is 1. The molecule has 2 N–H and O–H groups in total. The molecule has 5 heteroatoms. The molecule has 3 aromatic carbocycles. The lowest BCUT2D eigenvalue weighted by Gasteiger charge is -2.56. The standard InChI is InChI=1S/C34H41N3O2/c1-33(2,3)39-28-16-14-26(15-17-28)22-37-23-27-19-34(32(38)35-20-25-12-8-5-9-13-25)30(31(37)29(27)21-36-34)18-24-10-6-4-7-11-24/h4-17,27,29-31,36H,18-23H2,1-3H3,(H,35,38)/t27-,29-,30-,31+,34+/m1/s1. The number of carbonyl (C=O) groups is 1. The summed E-state index contributed by atoms with van der Waals surface area (Å²) in [5.74, 6) is 2.38. The summed E-state index contributed by atoms with van der Waals surface area (Å²) in [6.07, 6.45) is 1.80. The summed E-state index contributed by atoms with van der Waals surface area (Å²) in [6, 6.07) is 29.9. The van der Waals surface area contributed by atoms with E-state index in [0.29, 0.717) is 24.4 Å². The van der Waals surface area contributed by atoms with E-state index in [1.54, 1.807) is 0 Å². The fourth-order valence-electron chi connectivity index (χ4n) is 7.39. The summed E-state index contributed by atoms with van der Waals surface area (Å²) >= 11 is 0. The van der Waals surface area contributed by atoms with Gasteiger partial charge < -0.3 is 15.4 Å². The predicted octanol–water partition coefficient (Wildman–Crippen LogP) is 5.20. The van der Waals surface area contributed by atoms with Gasteiger partial charge in [-0.1, -0.05) is 72.8 Å². The van der Waals surface area contributed by atoms with Gasteiger partial charge in [0.15, 0.2) is 0 Å². The monoisotopic (exact) mass is 523 g/mol. The van der Waals surface area contributed by atoms with Gasteiger partial charge in [0.25, 0.3) is 0 Å². The highest BCUT2D eigenvalue weighted by Gasteiger charge is 2.64. The first-order valence-corrected chi connectivity index (χ1v) is 14.4. The van der Waals surface area contributed by atoms with Gasteiger partial charge in [0.2, 0.25) is 5.91 Å². The molecule has 4 aliphatic rings. The first kappa shape index (κ1) is 26.1. The van der Waals surface area contributed by atoms with Crippen molar-refractivity contribution in [3.8, 4) is 5.75 Å². The van der Waals surface area contributed by atoms with Crippen molar-refractivity contribution in [3.63, 3.8) is 0 Å². The lowest BCUT2D eigenvalue weighted by Crippen LogP contribution is -2.74. The van der Waals surface area contributed by atoms with E-state index in [1.807, 2.05) is 18.2 Å². The second-order valence-corrected chi connectivity index (χ2v) is 12.7. The molecular weight excluding hydrogens is 482 g/mol. The molecule has 3 aliphatic heterocycles. The molecule has 0 spiro atoms. The summed E-state index contributed by atoms with van der Waals surface area (Å²) < 4.78 is 6.05. The van der Waals surface area contributed by atoms with Gasteiger partial charge in [0.05, 0.1) is 0 Å². The van der Waals surface area contributed by atoms with E-state index in [-0.39, 0.29) is 17.4 Å². The molecule has 4 fully saturated rings. The first-order chi connectivity index (χ1) is 18.8. The van der Waals surface area contributed by atoms with Crippen LogP contribution in [0.1, 0.15) is 43.9 Å². The smallest absolute Gasteiger partial charge is 0.240 e. The van der Waals surface area contributed by atoms with E-state index in [2.05, 4.69) is 103 Å². The molecule has 204 valence electrons. The Hall–Kier alpha value is -3.15. The number of hydrogen-bond donors (Lipinski definition) is 2. The van der Waals surface area contributed by atoms with Crippen molar-refractivity contribution in [2.24, 2.45) is 17.8 Å². The third kappa shape index (κ3) is 5.35. The Morgan fingerprint density at radius 3 is 2.28 bits per heavy atom. The number of nitrogens with one attached hydrogen (secondary N) is 2. The van der Waals surface area contributed by atoms with E-state index in [4.69, 9.17) is 4.74 Å². The Bertz CT molecular complexity index is 1270. The molecule has 0 unspecified atom stereocenters. The molecule has 0 radical (unpaired) electrons. The molecule has 5 nitrogen and oxygen atoms in total. The lowest BCUT2D eigenvalue weighted by molar-refractivity contribution is -0.138. The summed E-state index contributed by atoms with van der Waals surface area (Å²) in [5, 5.41) is 7.12. The number of nitrogens with zero attached hydrogens (tertiary/aromatic N) is 1. The zero-order valence-electron chi connectivity index (χ0n) is 23.4. The van der Waals surface area contributed by atoms with Crippen LogP contribution in [0.15, 0.2) is 84.9 Å². The van der Waals surface area contributed by atoms with Crippen LogP contribution in [0, 0.1) is 17.8 Å². The van der Waals surface area contributed by atoms with Crippen molar-refractivity contribution in [1.29, 1.82) is 0 Å². The average molecular weight is 524 g/mol. The van der Waals surface area contributed by atoms with Gasteiger partial charge in [-0.15, -0.1) is 0 Å². The van der Waals surface area contributed by atoms with Gasteiger partial charge in [0, 0.05) is 38.1 Å². The van der Waals surface area contributed by atoms with E-state index in [1.165, 1.54) is 11.1 Å². The summed E-state index contributed by atoms with van der Waals surface area (Å²) in [4.78, 5) is 16.8. The van der Waals surface area contributed by atoms with Crippen molar-refractivity contribution < 1.29 is 9.53 Å². The molecule has 3 aromatic rings. The minimum atomic E-state index is -0.548. The van der Waals surface area contributed by atoms with Gasteiger partial charge in [-0.3, -0.25) is 9.69 Å². The van der Waals surface area contributed by atoms with Gasteiger partial charge in [-0.2, -0.15) is 0 Å². The Morgan fingerprint density at radius 1 is 0.949 bits per heavy atom. The number of hydrogen-bond acceptors (Lipinski definition) is 4. The number of piperidine rings is 2. The van der Waals surface area contributed by atoms with Crippen LogP contribution >= 0.6 is 0 Å². The zero-order valence-corrected chi connectivity index (χ0v) is 23.4. The van der Waals surface area contributed by atoms with Crippen LogP contribution in [0.3, 0.4) is 0 Å². The highest BCUT2D eigenvalue weighted by molar-refractivity contribution is 5.87. The van der Waals surface area contributed by atoms with E-state index >= 15 is 0 Å². The predicted molar refractivity (Wildman–Crippen MR) is 155 cm³/mol. The SMILES string of the molecule is CC(C)(C)Oc1ccc(CN2C[C@H]3C[C@]4(C(=O)NCc5ccccc5)NC[C@H]3[C@H]2[C@H]4Cc2ccccc2)cc1. The minimum absolute atomic E-state index is 0.158. The number of ether oxygens (including phenoxy) is 1. The number of likely N-dealkylation sites (tertiary alicyclic amines) is 1. The minimum Gasteiger partial charge on any atom is -0.488 e. The van der Waals surface area contributed by atoms with Crippen molar-refractivity contribution in [3.05, 3.63) is 102 Å². The molecule has 7 rings (SSSR count). The maximum Gasteiger partial charge on any atom is 0.240 e. The summed E-state index contributed by atoms with van der Waals surface area (Å²) in [6.45, 7) is 9.66. The van der Waals surface area contributed by atoms with Crippen molar-refractivity contribution in [2.75, 3.05) is 13.1 Å². The van der Waals surface area contributed by atoms with Crippen LogP contribution in [0.2, 0.25) is 0 Å². The second kappa shape index (κ2) is 10.4. The quantitative estimate of drug-likeness (QED) is 0.426. The third-order valence-corrected chi connectivity index (χ3v) is 8.95. The highest BCUT2D eigenvalue weighted by atomic mass is 16.5. The maximum absolute atomic E-state index is 14.1. The number of fused-ring (bicyclic) bond motifs is 1. The van der Waals surface area contributed by atoms with E-state index in [9.17, 15) is 4.79 Å². The Kier molecular flexibility index (Phi) is 6.98. The molecule has 5 atom stereocenters. The summed E-state index contributed by atoms with van der Waals surface area (Å²) in [7, 11) is 0. The normalized spacial score (nSPS) is 27.9. The maximum atomic E-state index is 14.1. The molecule has 3 heterocycles. The van der Waals surface area contributed by atoms with Crippen molar-refractivity contribution in [2.45, 2.75) is 63.9 Å². The molecule has 1 aliphatic carbocycles. The number of benzene rings is 3. The average Bonchev–Trinajstić information content (AvgIpc) is 3.23. The molecule has 4 bridgehead atoms. The molecule has 1 amide bonds. The van der Waals surface area contributed by atoms with Gasteiger partial charge >= 0.3 is 0 Å². The van der Waals surface area contributed by atoms with Crippen molar-refractivity contribution >= 4 is 5.91 Å². The third-order valence-electron chi connectivity index (χ3n) is 8.95. The van der Waals surface area contributed by atoms with E-state index < -0.39 is 5.54 Å². The largest absolute Gasteiger partial charge is 0.488 e. The number of rotatable bonds is 8. The topological polar surface area (TPSA) is 53.6 Å². The van der Waals surface area contributed by atoms with Gasteiger partial charge in [-0.25, -0.2) is 0 Å². The Labute approximate surface area is 233 Å². The van der Waals surface area contributed by atoms with Crippen LogP contribution in [-0.4, -0.2) is 41.1 Å². The van der Waals surface area contributed by atoms with Crippen LogP contribution in [-0.2, 0) is 24.3 Å². The first-order valence-electron chi connectivity index (χ1n) is 14.4. The molecule has 3 saturated heterocycles. The Balaban J connectivity index is 1.26. The van der Waals surface area contributed by atoms with Crippen molar-refractivity contribution in [1.82, 2.24) is 15.5 Å². The van der Waals surface area contributed by atoms with E-state index in [0.717, 1.165) is 43.8 Å². The highest BCUT2D eigenvalue weighted by Crippen LogP contribution is 2.53. The van der Waals surface area contributed by atoms with Gasteiger partial charge in [-0.05, 0) is 74.3 Å². The molecule has 1 saturated carbocycles.